The van der Waals surface area contributed by atoms with E-state index in [0.29, 0.717) is 6.54 Å². The van der Waals surface area contributed by atoms with Crippen molar-refractivity contribution < 1.29 is 9.59 Å². The van der Waals surface area contributed by atoms with Crippen molar-refractivity contribution in [3.8, 4) is 0 Å². The van der Waals surface area contributed by atoms with Gasteiger partial charge in [-0.25, -0.2) is 5.43 Å². The normalized spacial score (nSPS) is 21.1. The Bertz CT molecular complexity index is 726. The molecule has 2 amide bonds. The quantitative estimate of drug-likeness (QED) is 0.513. The maximum atomic E-state index is 12.4. The minimum atomic E-state index is -0.753. The maximum absolute atomic E-state index is 12.4. The van der Waals surface area contributed by atoms with Crippen LogP contribution in [0.15, 0.2) is 52.9 Å². The molecule has 0 spiro atoms. The van der Waals surface area contributed by atoms with Gasteiger partial charge in [-0.05, 0) is 23.9 Å². The molecule has 2 unspecified atom stereocenters. The van der Waals surface area contributed by atoms with Crippen molar-refractivity contribution in [1.82, 2.24) is 10.7 Å². The molecule has 2 atom stereocenters. The molecule has 1 saturated heterocycles. The summed E-state index contributed by atoms with van der Waals surface area (Å²) in [6.07, 6.45) is 0. The molecule has 0 bridgehead atoms. The fourth-order valence-electron chi connectivity index (χ4n) is 2.68. The largest absolute Gasteiger partial charge is 0.355 e. The number of nitrogens with one attached hydrogen (secondary N) is 2. The summed E-state index contributed by atoms with van der Waals surface area (Å²) in [5, 5.41) is 8.84. The van der Waals surface area contributed by atoms with Gasteiger partial charge >= 0.3 is 0 Å². The number of rotatable bonds is 4. The molecule has 2 aromatic rings. The SMILES string of the molecule is C/C(=N\NC(=O)C1C(=O)NCC1c1ccccc1)c1cccs1. The van der Waals surface area contributed by atoms with Crippen LogP contribution in [0.2, 0.25) is 0 Å². The van der Waals surface area contributed by atoms with E-state index in [1.165, 1.54) is 0 Å². The zero-order chi connectivity index (χ0) is 16.2. The Hall–Kier alpha value is -2.47. The third kappa shape index (κ3) is 3.32. The van der Waals surface area contributed by atoms with Gasteiger partial charge in [0, 0.05) is 17.3 Å². The van der Waals surface area contributed by atoms with Crippen LogP contribution < -0.4 is 10.7 Å². The van der Waals surface area contributed by atoms with Crippen LogP contribution in [0, 0.1) is 5.92 Å². The summed E-state index contributed by atoms with van der Waals surface area (Å²) >= 11 is 1.55. The van der Waals surface area contributed by atoms with Gasteiger partial charge in [0.1, 0.15) is 5.92 Å². The van der Waals surface area contributed by atoms with Gasteiger partial charge in [0.05, 0.1) is 5.71 Å². The monoisotopic (exact) mass is 327 g/mol. The zero-order valence-electron chi connectivity index (χ0n) is 12.7. The Morgan fingerprint density at radius 2 is 2.04 bits per heavy atom. The van der Waals surface area contributed by atoms with E-state index in [0.717, 1.165) is 16.2 Å². The number of carbonyl (C=O) groups excluding carboxylic acids is 2. The summed E-state index contributed by atoms with van der Waals surface area (Å²) in [5.41, 5.74) is 4.24. The van der Waals surface area contributed by atoms with Crippen LogP contribution in [0.4, 0.5) is 0 Å². The summed E-state index contributed by atoms with van der Waals surface area (Å²) in [7, 11) is 0. The second-order valence-corrected chi connectivity index (χ2v) is 6.34. The van der Waals surface area contributed by atoms with Crippen molar-refractivity contribution in [2.45, 2.75) is 12.8 Å². The number of benzene rings is 1. The molecule has 0 saturated carbocycles. The summed E-state index contributed by atoms with van der Waals surface area (Å²) in [4.78, 5) is 25.5. The molecule has 6 heteroatoms. The van der Waals surface area contributed by atoms with Crippen molar-refractivity contribution in [2.75, 3.05) is 6.54 Å². The fourth-order valence-corrected chi connectivity index (χ4v) is 3.36. The third-order valence-corrected chi connectivity index (χ3v) is 4.88. The first-order valence-corrected chi connectivity index (χ1v) is 8.25. The molecular formula is C17H17N3O2S. The summed E-state index contributed by atoms with van der Waals surface area (Å²) in [5.74, 6) is -1.54. The summed E-state index contributed by atoms with van der Waals surface area (Å²) in [6.45, 7) is 2.30. The minimum Gasteiger partial charge on any atom is -0.355 e. The lowest BCUT2D eigenvalue weighted by molar-refractivity contribution is -0.133. The predicted octanol–water partition coefficient (Wildman–Crippen LogP) is 2.12. The third-order valence-electron chi connectivity index (χ3n) is 3.90. The number of thiophene rings is 1. The smallest absolute Gasteiger partial charge is 0.253 e. The first kappa shape index (κ1) is 15.4. The van der Waals surface area contributed by atoms with Gasteiger partial charge in [-0.3, -0.25) is 9.59 Å². The molecular weight excluding hydrogens is 310 g/mol. The Labute approximate surface area is 138 Å². The maximum Gasteiger partial charge on any atom is 0.253 e. The van der Waals surface area contributed by atoms with Crippen molar-refractivity contribution in [3.05, 3.63) is 58.3 Å². The van der Waals surface area contributed by atoms with Crippen molar-refractivity contribution >= 4 is 28.9 Å². The molecule has 2 heterocycles. The number of hydrogen-bond acceptors (Lipinski definition) is 4. The van der Waals surface area contributed by atoms with Crippen molar-refractivity contribution in [1.29, 1.82) is 0 Å². The molecule has 1 aromatic carbocycles. The molecule has 23 heavy (non-hydrogen) atoms. The van der Waals surface area contributed by atoms with Crippen LogP contribution in [-0.2, 0) is 9.59 Å². The number of hydrazone groups is 1. The van der Waals surface area contributed by atoms with Crippen LogP contribution in [0.5, 0.6) is 0 Å². The molecule has 2 N–H and O–H groups in total. The molecule has 1 aliphatic heterocycles. The minimum absolute atomic E-state index is 0.166. The molecule has 5 nitrogen and oxygen atoms in total. The highest BCUT2D eigenvalue weighted by atomic mass is 32.1. The van der Waals surface area contributed by atoms with Gasteiger partial charge < -0.3 is 5.32 Å². The fraction of sp³-hybridized carbons (Fsp3) is 0.235. The number of carbonyl (C=O) groups is 2. The first-order valence-electron chi connectivity index (χ1n) is 7.37. The Kier molecular flexibility index (Phi) is 4.52. The van der Waals surface area contributed by atoms with Crippen LogP contribution in [0.1, 0.15) is 23.3 Å². The lowest BCUT2D eigenvalue weighted by Crippen LogP contribution is -2.35. The number of nitrogens with zero attached hydrogens (tertiary/aromatic N) is 1. The molecule has 0 radical (unpaired) electrons. The van der Waals surface area contributed by atoms with E-state index in [-0.39, 0.29) is 17.7 Å². The predicted molar refractivity (Wildman–Crippen MR) is 90.4 cm³/mol. The Balaban J connectivity index is 1.74. The Morgan fingerprint density at radius 1 is 1.26 bits per heavy atom. The van der Waals surface area contributed by atoms with Crippen molar-refractivity contribution in [3.63, 3.8) is 0 Å². The lowest BCUT2D eigenvalue weighted by Gasteiger charge is -2.15. The van der Waals surface area contributed by atoms with Gasteiger partial charge in [0.2, 0.25) is 5.91 Å². The van der Waals surface area contributed by atoms with Gasteiger partial charge in [-0.15, -0.1) is 11.3 Å². The standard InChI is InChI=1S/C17H17N3O2S/c1-11(14-8-5-9-23-14)19-20-17(22)15-13(10-18-16(15)21)12-6-3-2-4-7-12/h2-9,13,15H,10H2,1H3,(H,18,21)(H,20,22)/b19-11+. The van der Waals surface area contributed by atoms with Gasteiger partial charge in [-0.1, -0.05) is 36.4 Å². The molecule has 3 rings (SSSR count). The van der Waals surface area contributed by atoms with Crippen LogP contribution in [-0.4, -0.2) is 24.1 Å². The Morgan fingerprint density at radius 3 is 2.74 bits per heavy atom. The summed E-state index contributed by atoms with van der Waals surface area (Å²) in [6, 6.07) is 13.5. The van der Waals surface area contributed by atoms with E-state index < -0.39 is 5.92 Å². The van der Waals surface area contributed by atoms with E-state index in [2.05, 4.69) is 15.8 Å². The molecule has 0 aliphatic carbocycles. The highest BCUT2D eigenvalue weighted by Gasteiger charge is 2.40. The topological polar surface area (TPSA) is 70.6 Å². The first-order chi connectivity index (χ1) is 11.2. The van der Waals surface area contributed by atoms with E-state index in [1.54, 1.807) is 11.3 Å². The summed E-state index contributed by atoms with van der Waals surface area (Å²) < 4.78 is 0. The number of hydrogen-bond donors (Lipinski definition) is 2. The van der Waals surface area contributed by atoms with E-state index >= 15 is 0 Å². The zero-order valence-corrected chi connectivity index (χ0v) is 13.5. The average molecular weight is 327 g/mol. The lowest BCUT2D eigenvalue weighted by atomic mass is 9.88. The highest BCUT2D eigenvalue weighted by molar-refractivity contribution is 7.12. The molecule has 1 fully saturated rings. The van der Waals surface area contributed by atoms with Gasteiger partial charge in [0.25, 0.3) is 5.91 Å². The van der Waals surface area contributed by atoms with E-state index in [9.17, 15) is 9.59 Å². The van der Waals surface area contributed by atoms with E-state index in [4.69, 9.17) is 0 Å². The van der Waals surface area contributed by atoms with E-state index in [1.807, 2.05) is 54.8 Å². The van der Waals surface area contributed by atoms with Crippen LogP contribution in [0.25, 0.3) is 0 Å². The second-order valence-electron chi connectivity index (χ2n) is 5.39. The molecule has 1 aliphatic rings. The number of amides is 2. The van der Waals surface area contributed by atoms with Gasteiger partial charge in [-0.2, -0.15) is 5.10 Å². The van der Waals surface area contributed by atoms with Gasteiger partial charge in [0.15, 0.2) is 0 Å². The van der Waals surface area contributed by atoms with Crippen molar-refractivity contribution in [2.24, 2.45) is 11.0 Å². The molecule has 118 valence electrons. The second kappa shape index (κ2) is 6.75. The van der Waals surface area contributed by atoms with Crippen LogP contribution in [0.3, 0.4) is 0 Å². The van der Waals surface area contributed by atoms with Crippen LogP contribution >= 0.6 is 11.3 Å². The molecule has 1 aromatic heterocycles. The highest BCUT2D eigenvalue weighted by Crippen LogP contribution is 2.29. The average Bonchev–Trinajstić information content (AvgIpc) is 3.23.